The zero-order chi connectivity index (χ0) is 16.7. The highest BCUT2D eigenvalue weighted by molar-refractivity contribution is 6.20. The van der Waals surface area contributed by atoms with Crippen LogP contribution >= 0.6 is 0 Å². The molecule has 0 radical (unpaired) electrons. The first-order valence-electron chi connectivity index (χ1n) is 8.45. The topological polar surface area (TPSA) is 72.9 Å². The van der Waals surface area contributed by atoms with E-state index in [0.717, 1.165) is 25.7 Å². The van der Waals surface area contributed by atoms with Crippen molar-refractivity contribution in [1.29, 1.82) is 0 Å². The lowest BCUT2D eigenvalue weighted by atomic mass is 9.79. The first kappa shape index (κ1) is 15.3. The predicted molar refractivity (Wildman–Crippen MR) is 82.9 cm³/mol. The average Bonchev–Trinajstić information content (AvgIpc) is 3.32. The summed E-state index contributed by atoms with van der Waals surface area (Å²) < 4.78 is 5.75. The van der Waals surface area contributed by atoms with Gasteiger partial charge in [0.15, 0.2) is 0 Å². The second-order valence-corrected chi connectivity index (χ2v) is 6.69. The zero-order valence-corrected chi connectivity index (χ0v) is 13.3. The summed E-state index contributed by atoms with van der Waals surface area (Å²) in [5.74, 6) is -1.67. The van der Waals surface area contributed by atoms with Crippen LogP contribution in [0, 0.1) is 5.41 Å². The molecule has 2 amide bonds. The summed E-state index contributed by atoms with van der Waals surface area (Å²) in [5, 5.41) is 0.613. The molecular formula is C18H19NO5. The van der Waals surface area contributed by atoms with Gasteiger partial charge in [-0.2, -0.15) is 0 Å². The molecule has 1 aromatic rings. The number of amides is 2. The van der Waals surface area contributed by atoms with E-state index in [9.17, 15) is 14.4 Å². The number of nitrogens with zero attached hydrogens (tertiary/aromatic N) is 1. The van der Waals surface area contributed by atoms with Gasteiger partial charge in [-0.15, -0.1) is 0 Å². The van der Waals surface area contributed by atoms with Crippen LogP contribution in [0.1, 0.15) is 59.2 Å². The van der Waals surface area contributed by atoms with Crippen molar-refractivity contribution in [3.63, 3.8) is 0 Å². The SMILES string of the molecule is O=C1c2ccccc2C(=O)N1OC(=O)C1(C2CCCO2)CCCC1. The van der Waals surface area contributed by atoms with Gasteiger partial charge in [-0.3, -0.25) is 9.59 Å². The number of carbonyl (C=O) groups is 3. The molecule has 0 bridgehead atoms. The highest BCUT2D eigenvalue weighted by Crippen LogP contribution is 2.46. The van der Waals surface area contributed by atoms with E-state index in [1.54, 1.807) is 24.3 Å². The summed E-state index contributed by atoms with van der Waals surface area (Å²) in [4.78, 5) is 43.0. The van der Waals surface area contributed by atoms with Crippen LogP contribution in [0.25, 0.3) is 0 Å². The largest absolute Gasteiger partial charge is 0.377 e. The molecular weight excluding hydrogens is 310 g/mol. The van der Waals surface area contributed by atoms with E-state index in [2.05, 4.69) is 0 Å². The molecule has 0 spiro atoms. The van der Waals surface area contributed by atoms with E-state index < -0.39 is 23.2 Å². The van der Waals surface area contributed by atoms with Crippen molar-refractivity contribution in [2.24, 2.45) is 5.41 Å². The Bertz CT molecular complexity index is 666. The molecule has 0 aromatic heterocycles. The number of rotatable bonds is 3. The molecule has 1 aromatic carbocycles. The Labute approximate surface area is 139 Å². The number of imide groups is 1. The van der Waals surface area contributed by atoms with Gasteiger partial charge in [0, 0.05) is 6.61 Å². The third-order valence-electron chi connectivity index (χ3n) is 5.38. The minimum atomic E-state index is -0.730. The average molecular weight is 329 g/mol. The summed E-state index contributed by atoms with van der Waals surface area (Å²) in [6.07, 6.45) is 4.78. The molecule has 6 heteroatoms. The van der Waals surface area contributed by atoms with Gasteiger partial charge < -0.3 is 9.57 Å². The molecule has 3 aliphatic rings. The third-order valence-corrected chi connectivity index (χ3v) is 5.38. The second kappa shape index (κ2) is 5.70. The van der Waals surface area contributed by atoms with Gasteiger partial charge in [0.05, 0.1) is 22.6 Å². The molecule has 126 valence electrons. The maximum atomic E-state index is 12.9. The lowest BCUT2D eigenvalue weighted by Crippen LogP contribution is -2.45. The van der Waals surface area contributed by atoms with E-state index in [4.69, 9.17) is 9.57 Å². The van der Waals surface area contributed by atoms with Crippen molar-refractivity contribution < 1.29 is 24.0 Å². The van der Waals surface area contributed by atoms with Crippen LogP contribution in [0.2, 0.25) is 0 Å². The molecule has 24 heavy (non-hydrogen) atoms. The Kier molecular flexibility index (Phi) is 3.64. The second-order valence-electron chi connectivity index (χ2n) is 6.69. The molecule has 1 atom stereocenters. The van der Waals surface area contributed by atoms with Gasteiger partial charge in [0.1, 0.15) is 0 Å². The summed E-state index contributed by atoms with van der Waals surface area (Å²) >= 11 is 0. The molecule has 2 heterocycles. The van der Waals surface area contributed by atoms with E-state index >= 15 is 0 Å². The lowest BCUT2D eigenvalue weighted by molar-refractivity contribution is -0.188. The van der Waals surface area contributed by atoms with Crippen LogP contribution in [-0.2, 0) is 14.4 Å². The van der Waals surface area contributed by atoms with Crippen LogP contribution in [0.4, 0.5) is 0 Å². The Morgan fingerprint density at radius 1 is 1.08 bits per heavy atom. The summed E-state index contributed by atoms with van der Waals surface area (Å²) in [5.41, 5.74) is -0.188. The molecule has 1 unspecified atom stereocenters. The Balaban J connectivity index is 1.58. The molecule has 2 fully saturated rings. The standard InChI is InChI=1S/C18H19NO5/c20-15-12-6-1-2-7-13(12)16(21)19(15)24-17(22)18(9-3-4-10-18)14-8-5-11-23-14/h1-2,6-7,14H,3-5,8-11H2. The van der Waals surface area contributed by atoms with Crippen molar-refractivity contribution in [3.05, 3.63) is 35.4 Å². The Morgan fingerprint density at radius 2 is 1.71 bits per heavy atom. The number of carbonyl (C=O) groups excluding carboxylic acids is 3. The van der Waals surface area contributed by atoms with Gasteiger partial charge in [0.2, 0.25) is 0 Å². The molecule has 1 saturated carbocycles. The fourth-order valence-corrected chi connectivity index (χ4v) is 4.10. The summed E-state index contributed by atoms with van der Waals surface area (Å²) in [6, 6.07) is 6.49. The van der Waals surface area contributed by atoms with E-state index in [0.29, 0.717) is 24.5 Å². The number of hydrogen-bond acceptors (Lipinski definition) is 5. The quantitative estimate of drug-likeness (QED) is 0.797. The normalized spacial score (nSPS) is 25.2. The molecule has 4 rings (SSSR count). The molecule has 1 saturated heterocycles. The molecule has 0 N–H and O–H groups in total. The number of hydroxylamine groups is 2. The highest BCUT2D eigenvalue weighted by Gasteiger charge is 2.53. The van der Waals surface area contributed by atoms with Gasteiger partial charge in [-0.25, -0.2) is 4.79 Å². The van der Waals surface area contributed by atoms with Crippen molar-refractivity contribution in [1.82, 2.24) is 5.06 Å². The highest BCUT2D eigenvalue weighted by atomic mass is 16.7. The maximum Gasteiger partial charge on any atom is 0.341 e. The zero-order valence-electron chi connectivity index (χ0n) is 13.3. The predicted octanol–water partition coefficient (Wildman–Crippen LogP) is 2.48. The van der Waals surface area contributed by atoms with Crippen molar-refractivity contribution in [3.8, 4) is 0 Å². The van der Waals surface area contributed by atoms with Crippen LogP contribution in [0.3, 0.4) is 0 Å². The number of hydrogen-bond donors (Lipinski definition) is 0. The first-order valence-corrected chi connectivity index (χ1v) is 8.45. The minimum Gasteiger partial charge on any atom is -0.377 e. The molecule has 2 aliphatic heterocycles. The monoisotopic (exact) mass is 329 g/mol. The Morgan fingerprint density at radius 3 is 2.25 bits per heavy atom. The summed E-state index contributed by atoms with van der Waals surface area (Å²) in [7, 11) is 0. The smallest absolute Gasteiger partial charge is 0.341 e. The van der Waals surface area contributed by atoms with E-state index in [-0.39, 0.29) is 17.2 Å². The van der Waals surface area contributed by atoms with Gasteiger partial charge in [0.25, 0.3) is 11.8 Å². The van der Waals surface area contributed by atoms with Crippen LogP contribution in [0.5, 0.6) is 0 Å². The molecule has 6 nitrogen and oxygen atoms in total. The Hall–Kier alpha value is -2.21. The fraction of sp³-hybridized carbons (Fsp3) is 0.500. The van der Waals surface area contributed by atoms with Gasteiger partial charge in [-0.1, -0.05) is 30.0 Å². The van der Waals surface area contributed by atoms with Gasteiger partial charge >= 0.3 is 5.97 Å². The minimum absolute atomic E-state index is 0.178. The number of fused-ring (bicyclic) bond motifs is 1. The van der Waals surface area contributed by atoms with Crippen LogP contribution in [-0.4, -0.2) is 35.6 Å². The summed E-state index contributed by atoms with van der Waals surface area (Å²) in [6.45, 7) is 0.646. The van der Waals surface area contributed by atoms with Crippen molar-refractivity contribution in [2.45, 2.75) is 44.6 Å². The van der Waals surface area contributed by atoms with Crippen LogP contribution < -0.4 is 0 Å². The van der Waals surface area contributed by atoms with Crippen molar-refractivity contribution >= 4 is 17.8 Å². The number of benzene rings is 1. The van der Waals surface area contributed by atoms with Crippen LogP contribution in [0.15, 0.2) is 24.3 Å². The molecule has 1 aliphatic carbocycles. The number of ether oxygens (including phenoxy) is 1. The fourth-order valence-electron chi connectivity index (χ4n) is 4.10. The maximum absolute atomic E-state index is 12.9. The lowest BCUT2D eigenvalue weighted by Gasteiger charge is -2.32. The van der Waals surface area contributed by atoms with E-state index in [1.165, 1.54) is 0 Å². The van der Waals surface area contributed by atoms with Gasteiger partial charge in [-0.05, 0) is 37.8 Å². The third kappa shape index (κ3) is 2.17. The van der Waals surface area contributed by atoms with E-state index in [1.807, 2.05) is 0 Å². The van der Waals surface area contributed by atoms with Crippen molar-refractivity contribution in [2.75, 3.05) is 6.61 Å². The first-order chi connectivity index (χ1) is 11.6.